The molecule has 0 radical (unpaired) electrons. The molecule has 0 fully saturated rings. The third-order valence-corrected chi connectivity index (χ3v) is 2.54. The summed E-state index contributed by atoms with van der Waals surface area (Å²) in [6.07, 6.45) is 0. The highest BCUT2D eigenvalue weighted by molar-refractivity contribution is 7.82. The molecule has 0 saturated heterocycles. The molecular weight excluding hydrogens is 200 g/mol. The Morgan fingerprint density at radius 2 is 2.07 bits per heavy atom. The van der Waals surface area contributed by atoms with Crippen LogP contribution in [0.4, 0.5) is 0 Å². The third-order valence-electron chi connectivity index (χ3n) is 1.90. The largest absolute Gasteiger partial charge is 0.355 e. The number of hydrogen-bond acceptors (Lipinski definition) is 4. The van der Waals surface area contributed by atoms with Crippen LogP contribution in [-0.2, 0) is 14.5 Å². The van der Waals surface area contributed by atoms with Gasteiger partial charge in [0.05, 0.1) is 0 Å². The van der Waals surface area contributed by atoms with Gasteiger partial charge in [-0.15, -0.1) is 12.6 Å². The number of methoxy groups -OCH3 is 1. The second-order valence-electron chi connectivity index (χ2n) is 2.69. The topological polar surface area (TPSA) is 64.3 Å². The summed E-state index contributed by atoms with van der Waals surface area (Å²) in [4.78, 5) is 10.1. The van der Waals surface area contributed by atoms with E-state index < -0.39 is 10.8 Å². The Kier molecular flexibility index (Phi) is 3.51. The number of rotatable bonds is 3. The molecule has 0 bridgehead atoms. The van der Waals surface area contributed by atoms with Gasteiger partial charge in [0.2, 0.25) is 4.93 Å². The lowest BCUT2D eigenvalue weighted by molar-refractivity contribution is -0.134. The highest BCUT2D eigenvalue weighted by Gasteiger charge is 2.35. The van der Waals surface area contributed by atoms with Crippen molar-refractivity contribution in [3.63, 3.8) is 0 Å². The van der Waals surface area contributed by atoms with Gasteiger partial charge in [-0.25, -0.2) is 5.84 Å². The molecule has 1 aromatic carbocycles. The smallest absolute Gasteiger partial charge is 0.281 e. The van der Waals surface area contributed by atoms with Gasteiger partial charge >= 0.3 is 0 Å². The number of nitrogens with two attached hydrogens (primary N) is 1. The van der Waals surface area contributed by atoms with E-state index in [0.29, 0.717) is 5.56 Å². The fourth-order valence-corrected chi connectivity index (χ4v) is 1.32. The highest BCUT2D eigenvalue weighted by atomic mass is 32.1. The van der Waals surface area contributed by atoms with Crippen LogP contribution < -0.4 is 11.3 Å². The molecule has 1 unspecified atom stereocenters. The Labute approximate surface area is 87.8 Å². The van der Waals surface area contributed by atoms with Gasteiger partial charge in [0, 0.05) is 12.7 Å². The Hall–Kier alpha value is -1.04. The molecule has 4 nitrogen and oxygen atoms in total. The van der Waals surface area contributed by atoms with Crippen LogP contribution in [0.2, 0.25) is 0 Å². The molecule has 0 aromatic heterocycles. The van der Waals surface area contributed by atoms with E-state index in [1.165, 1.54) is 7.11 Å². The van der Waals surface area contributed by atoms with Crippen LogP contribution in [-0.4, -0.2) is 13.0 Å². The molecule has 1 rings (SSSR count). The van der Waals surface area contributed by atoms with E-state index >= 15 is 0 Å². The molecule has 76 valence electrons. The van der Waals surface area contributed by atoms with E-state index in [9.17, 15) is 4.79 Å². The lowest BCUT2D eigenvalue weighted by atomic mass is 10.1. The lowest BCUT2D eigenvalue weighted by Crippen LogP contribution is -2.45. The van der Waals surface area contributed by atoms with Crippen molar-refractivity contribution in [2.24, 2.45) is 5.84 Å². The summed E-state index contributed by atoms with van der Waals surface area (Å²) in [7, 11) is 1.40. The molecule has 14 heavy (non-hydrogen) atoms. The maximum absolute atomic E-state index is 11.4. The summed E-state index contributed by atoms with van der Waals surface area (Å²) in [5, 5.41) is 0. The standard InChI is InChI=1S/C9H12N2O2S/c1-13-9(14,8(12)11-10)7-5-3-2-4-6-7/h2-6,14H,10H2,1H3,(H,11,12). The molecule has 1 amide bonds. The minimum absolute atomic E-state index is 0.505. The average Bonchev–Trinajstić information content (AvgIpc) is 2.28. The number of carbonyl (C=O) groups excluding carboxylic acids is 1. The van der Waals surface area contributed by atoms with Crippen LogP contribution in [0, 0.1) is 0 Å². The first-order valence-electron chi connectivity index (χ1n) is 3.99. The zero-order valence-corrected chi connectivity index (χ0v) is 8.62. The van der Waals surface area contributed by atoms with E-state index in [2.05, 4.69) is 12.6 Å². The molecule has 0 aliphatic rings. The summed E-state index contributed by atoms with van der Waals surface area (Å²) in [6.45, 7) is 0. The summed E-state index contributed by atoms with van der Waals surface area (Å²) in [5.41, 5.74) is 2.65. The van der Waals surface area contributed by atoms with Crippen molar-refractivity contribution in [3.05, 3.63) is 35.9 Å². The Bertz CT molecular complexity index is 318. The van der Waals surface area contributed by atoms with Crippen molar-refractivity contribution in [2.45, 2.75) is 4.93 Å². The number of thiol groups is 1. The van der Waals surface area contributed by atoms with Gasteiger partial charge in [0.15, 0.2) is 0 Å². The summed E-state index contributed by atoms with van der Waals surface area (Å²) >= 11 is 4.17. The summed E-state index contributed by atoms with van der Waals surface area (Å²) < 4.78 is 5.05. The van der Waals surface area contributed by atoms with Gasteiger partial charge in [0.1, 0.15) is 0 Å². The van der Waals surface area contributed by atoms with Crippen molar-refractivity contribution < 1.29 is 9.53 Å². The molecule has 0 aliphatic heterocycles. The predicted octanol–water partition coefficient (Wildman–Crippen LogP) is 0.405. The van der Waals surface area contributed by atoms with Crippen LogP contribution in [0.15, 0.2) is 30.3 Å². The van der Waals surface area contributed by atoms with Crippen molar-refractivity contribution >= 4 is 18.5 Å². The summed E-state index contributed by atoms with van der Waals surface area (Å²) in [6, 6.07) is 8.91. The van der Waals surface area contributed by atoms with Gasteiger partial charge in [0.25, 0.3) is 5.91 Å². The average molecular weight is 212 g/mol. The minimum atomic E-state index is -1.34. The number of hydrogen-bond donors (Lipinski definition) is 3. The van der Waals surface area contributed by atoms with E-state index in [0.717, 1.165) is 0 Å². The molecule has 3 N–H and O–H groups in total. The SMILES string of the molecule is COC(S)(C(=O)NN)c1ccccc1. The predicted molar refractivity (Wildman–Crippen MR) is 56.4 cm³/mol. The Balaban J connectivity index is 3.08. The second kappa shape index (κ2) is 4.45. The van der Waals surface area contributed by atoms with Gasteiger partial charge < -0.3 is 4.74 Å². The van der Waals surface area contributed by atoms with Gasteiger partial charge in [-0.05, 0) is 0 Å². The maximum Gasteiger partial charge on any atom is 0.281 e. The molecular formula is C9H12N2O2S. The number of amides is 1. The van der Waals surface area contributed by atoms with Crippen molar-refractivity contribution in [2.75, 3.05) is 7.11 Å². The molecule has 0 spiro atoms. The van der Waals surface area contributed by atoms with Crippen molar-refractivity contribution in [3.8, 4) is 0 Å². The van der Waals surface area contributed by atoms with E-state index in [4.69, 9.17) is 10.6 Å². The molecule has 0 saturated carbocycles. The first-order valence-corrected chi connectivity index (χ1v) is 4.44. The second-order valence-corrected chi connectivity index (χ2v) is 3.32. The number of nitrogens with one attached hydrogen (secondary N) is 1. The highest BCUT2D eigenvalue weighted by Crippen LogP contribution is 2.29. The molecule has 1 atom stereocenters. The van der Waals surface area contributed by atoms with Crippen molar-refractivity contribution in [1.29, 1.82) is 0 Å². The minimum Gasteiger partial charge on any atom is -0.355 e. The normalized spacial score (nSPS) is 14.5. The Morgan fingerprint density at radius 3 is 2.50 bits per heavy atom. The van der Waals surface area contributed by atoms with E-state index in [1.807, 2.05) is 11.5 Å². The van der Waals surface area contributed by atoms with Crippen molar-refractivity contribution in [1.82, 2.24) is 5.43 Å². The van der Waals surface area contributed by atoms with E-state index in [-0.39, 0.29) is 0 Å². The number of benzene rings is 1. The fourth-order valence-electron chi connectivity index (χ4n) is 1.10. The first kappa shape index (κ1) is 11.0. The van der Waals surface area contributed by atoms with E-state index in [1.54, 1.807) is 24.3 Å². The number of carbonyl (C=O) groups is 1. The van der Waals surface area contributed by atoms with Crippen LogP contribution in [0.25, 0.3) is 0 Å². The lowest BCUT2D eigenvalue weighted by Gasteiger charge is -2.24. The maximum atomic E-state index is 11.4. The Morgan fingerprint density at radius 1 is 1.50 bits per heavy atom. The summed E-state index contributed by atoms with van der Waals surface area (Å²) in [5.74, 6) is 4.54. The van der Waals surface area contributed by atoms with Crippen LogP contribution in [0.5, 0.6) is 0 Å². The van der Waals surface area contributed by atoms with Gasteiger partial charge in [-0.2, -0.15) is 0 Å². The molecule has 1 aromatic rings. The molecule has 0 heterocycles. The van der Waals surface area contributed by atoms with Crippen LogP contribution >= 0.6 is 12.6 Å². The first-order chi connectivity index (χ1) is 6.65. The third kappa shape index (κ3) is 1.89. The van der Waals surface area contributed by atoms with Crippen LogP contribution in [0.1, 0.15) is 5.56 Å². The monoisotopic (exact) mass is 212 g/mol. The van der Waals surface area contributed by atoms with Gasteiger partial charge in [-0.1, -0.05) is 30.3 Å². The zero-order valence-electron chi connectivity index (χ0n) is 7.73. The number of hydrazine groups is 1. The van der Waals surface area contributed by atoms with Crippen LogP contribution in [0.3, 0.4) is 0 Å². The van der Waals surface area contributed by atoms with Gasteiger partial charge in [-0.3, -0.25) is 10.2 Å². The zero-order chi connectivity index (χ0) is 10.6. The molecule has 5 heteroatoms. The fraction of sp³-hybridized carbons (Fsp3) is 0.222. The number of ether oxygens (including phenoxy) is 1. The quantitative estimate of drug-likeness (QED) is 0.223. The molecule has 0 aliphatic carbocycles.